The van der Waals surface area contributed by atoms with Gasteiger partial charge in [0.2, 0.25) is 5.78 Å². The lowest BCUT2D eigenvalue weighted by molar-refractivity contribution is -0.109. The van der Waals surface area contributed by atoms with Crippen LogP contribution in [0.1, 0.15) is 29.3 Å². The van der Waals surface area contributed by atoms with Gasteiger partial charge < -0.3 is 4.62 Å². The van der Waals surface area contributed by atoms with Crippen LogP contribution in [0.5, 0.6) is 0 Å². The molecule has 0 radical (unpaired) electrons. The van der Waals surface area contributed by atoms with Gasteiger partial charge in [-0.1, -0.05) is 113 Å². The summed E-state index contributed by atoms with van der Waals surface area (Å²) in [5, 5.41) is 5.89. The van der Waals surface area contributed by atoms with Crippen molar-refractivity contribution >= 4 is 70.4 Å². The molecule has 0 aliphatic rings. The lowest BCUT2D eigenvalue weighted by Crippen LogP contribution is -2.19. The zero-order chi connectivity index (χ0) is 35.9. The third-order valence-corrected chi connectivity index (χ3v) is 11.9. The number of oxime groups is 1. The molecular formula is C42H35ClNO4PS2. The molecule has 0 aliphatic heterocycles. The molecule has 0 atom stereocenters. The van der Waals surface area contributed by atoms with Crippen LogP contribution in [-0.4, -0.2) is 23.0 Å². The van der Waals surface area contributed by atoms with E-state index in [0.717, 1.165) is 14.7 Å². The number of hydrogen-bond donors (Lipinski definition) is 0. The van der Waals surface area contributed by atoms with Gasteiger partial charge in [-0.3, -0.25) is 14.2 Å². The molecule has 0 saturated carbocycles. The van der Waals surface area contributed by atoms with E-state index in [-0.39, 0.29) is 23.7 Å². The van der Waals surface area contributed by atoms with Crippen molar-refractivity contribution in [3.05, 3.63) is 191 Å². The van der Waals surface area contributed by atoms with E-state index < -0.39 is 7.37 Å². The number of thioether (sulfide) groups is 2. The SMILES string of the molecule is C\C=C/C(=C\C=C\C(=O)/C(CCSc1ccc(Cl)cc1)=N/OP(=O)(c1ccccc1)c1ccccc1)Sc1ccc(C(=O)c2ccccc2)cc1. The Bertz CT molecular complexity index is 2040. The Morgan fingerprint density at radius 1 is 0.725 bits per heavy atom. The Balaban J connectivity index is 1.35. The fourth-order valence-corrected chi connectivity index (χ4v) is 8.50. The van der Waals surface area contributed by atoms with Crippen LogP contribution in [0.2, 0.25) is 5.02 Å². The van der Waals surface area contributed by atoms with Crippen molar-refractivity contribution in [3.63, 3.8) is 0 Å². The quantitative estimate of drug-likeness (QED) is 0.0190. The second kappa shape index (κ2) is 19.1. The van der Waals surface area contributed by atoms with Crippen molar-refractivity contribution < 1.29 is 18.8 Å². The third kappa shape index (κ3) is 10.9. The number of nitrogens with zero attached hydrogens (tertiary/aromatic N) is 1. The van der Waals surface area contributed by atoms with Crippen molar-refractivity contribution in [2.45, 2.75) is 23.1 Å². The van der Waals surface area contributed by atoms with Gasteiger partial charge in [0, 0.05) is 43.0 Å². The van der Waals surface area contributed by atoms with Gasteiger partial charge in [0.15, 0.2) is 5.78 Å². The van der Waals surface area contributed by atoms with Gasteiger partial charge in [0.1, 0.15) is 5.71 Å². The highest BCUT2D eigenvalue weighted by molar-refractivity contribution is 8.03. The van der Waals surface area contributed by atoms with Crippen LogP contribution in [0.4, 0.5) is 0 Å². The number of allylic oxidation sites excluding steroid dienone is 5. The van der Waals surface area contributed by atoms with Crippen molar-refractivity contribution in [1.82, 2.24) is 0 Å². The van der Waals surface area contributed by atoms with Gasteiger partial charge in [0.05, 0.1) is 10.6 Å². The van der Waals surface area contributed by atoms with Gasteiger partial charge >= 0.3 is 7.37 Å². The molecular weight excluding hydrogens is 713 g/mol. The maximum atomic E-state index is 14.4. The summed E-state index contributed by atoms with van der Waals surface area (Å²) in [5.41, 5.74) is 1.40. The van der Waals surface area contributed by atoms with Gasteiger partial charge in [-0.05, 0) is 91.9 Å². The molecule has 51 heavy (non-hydrogen) atoms. The van der Waals surface area contributed by atoms with E-state index >= 15 is 0 Å². The van der Waals surface area contributed by atoms with Crippen LogP contribution >= 0.6 is 42.5 Å². The van der Waals surface area contributed by atoms with E-state index in [1.807, 2.05) is 104 Å². The third-order valence-electron chi connectivity index (χ3n) is 7.39. The summed E-state index contributed by atoms with van der Waals surface area (Å²) in [7, 11) is -3.66. The van der Waals surface area contributed by atoms with E-state index in [0.29, 0.717) is 32.5 Å². The lowest BCUT2D eigenvalue weighted by atomic mass is 10.0. The number of carbonyl (C=O) groups excluding carboxylic acids is 2. The monoisotopic (exact) mass is 747 g/mol. The molecule has 0 heterocycles. The maximum absolute atomic E-state index is 14.4. The smallest absolute Gasteiger partial charge is 0.330 e. The normalized spacial score (nSPS) is 12.4. The molecule has 0 bridgehead atoms. The van der Waals surface area contributed by atoms with Crippen LogP contribution < -0.4 is 10.6 Å². The Morgan fingerprint density at radius 3 is 1.86 bits per heavy atom. The molecule has 9 heteroatoms. The number of carbonyl (C=O) groups is 2. The molecule has 5 nitrogen and oxygen atoms in total. The molecule has 256 valence electrons. The Morgan fingerprint density at radius 2 is 1.27 bits per heavy atom. The molecule has 0 unspecified atom stereocenters. The van der Waals surface area contributed by atoms with Gasteiger partial charge in [-0.2, -0.15) is 0 Å². The summed E-state index contributed by atoms with van der Waals surface area (Å²) in [5.74, 6) is 0.141. The van der Waals surface area contributed by atoms with Crippen molar-refractivity contribution in [3.8, 4) is 0 Å². The second-order valence-corrected chi connectivity index (χ2v) is 16.1. The van der Waals surface area contributed by atoms with Crippen molar-refractivity contribution in [1.29, 1.82) is 0 Å². The largest absolute Gasteiger partial charge is 0.330 e. The standard InChI is InChI=1S/C42H35ClNO4PS2/c1-2-13-38(51-39-26-22-33(23-27-39)42(46)32-14-6-3-7-15-32)20-12-21-41(45)40(30-31-50-37-28-24-34(43)25-29-37)44-48-49(47,35-16-8-4-9-17-35)36-18-10-5-11-19-36/h2-29H,30-31H2,1H3/b13-2-,21-12+,38-20+,44-40+. The second-order valence-electron chi connectivity index (χ2n) is 11.0. The van der Waals surface area contributed by atoms with E-state index in [2.05, 4.69) is 5.16 Å². The average Bonchev–Trinajstić information content (AvgIpc) is 3.17. The number of hydrogen-bond acceptors (Lipinski definition) is 7. The average molecular weight is 748 g/mol. The zero-order valence-corrected chi connectivity index (χ0v) is 31.1. The zero-order valence-electron chi connectivity index (χ0n) is 27.8. The van der Waals surface area contributed by atoms with Gasteiger partial charge in [-0.25, -0.2) is 0 Å². The van der Waals surface area contributed by atoms with E-state index in [9.17, 15) is 14.2 Å². The topological polar surface area (TPSA) is 72.8 Å². The van der Waals surface area contributed by atoms with Crippen LogP contribution in [0.3, 0.4) is 0 Å². The summed E-state index contributed by atoms with van der Waals surface area (Å²) in [6, 6.07) is 41.9. The predicted octanol–water partition coefficient (Wildman–Crippen LogP) is 10.7. The van der Waals surface area contributed by atoms with Crippen LogP contribution in [0.25, 0.3) is 0 Å². The minimum absolute atomic E-state index is 0.0327. The number of halogens is 1. The predicted molar refractivity (Wildman–Crippen MR) is 214 cm³/mol. The summed E-state index contributed by atoms with van der Waals surface area (Å²) >= 11 is 9.11. The number of ketones is 2. The van der Waals surface area contributed by atoms with Crippen LogP contribution in [0, 0.1) is 0 Å². The Hall–Kier alpha value is -4.65. The highest BCUT2D eigenvalue weighted by Gasteiger charge is 2.30. The molecule has 5 rings (SSSR count). The minimum atomic E-state index is -3.66. The van der Waals surface area contributed by atoms with Gasteiger partial charge in [0.25, 0.3) is 0 Å². The fourth-order valence-electron chi connectivity index (χ4n) is 4.79. The van der Waals surface area contributed by atoms with E-state index in [4.69, 9.17) is 16.2 Å². The first kappa shape index (κ1) is 37.6. The molecule has 0 N–H and O–H groups in total. The molecule has 0 aliphatic carbocycles. The minimum Gasteiger partial charge on any atom is -0.330 e. The van der Waals surface area contributed by atoms with E-state index in [1.165, 1.54) is 17.8 Å². The van der Waals surface area contributed by atoms with Crippen molar-refractivity contribution in [2.75, 3.05) is 5.75 Å². The lowest BCUT2D eigenvalue weighted by Gasteiger charge is -2.17. The molecule has 0 amide bonds. The first-order valence-electron chi connectivity index (χ1n) is 16.1. The summed E-state index contributed by atoms with van der Waals surface area (Å²) in [6.07, 6.45) is 9.09. The summed E-state index contributed by atoms with van der Waals surface area (Å²) < 4.78 is 20.3. The fraction of sp³-hybridized carbons (Fsp3) is 0.0714. The molecule has 0 spiro atoms. The highest BCUT2D eigenvalue weighted by atomic mass is 35.5. The van der Waals surface area contributed by atoms with E-state index in [1.54, 1.807) is 78.5 Å². The first-order valence-corrected chi connectivity index (χ1v) is 19.9. The molecule has 0 fully saturated rings. The molecule has 0 aromatic heterocycles. The number of benzene rings is 5. The summed E-state index contributed by atoms with van der Waals surface area (Å²) in [4.78, 5) is 29.3. The Kier molecular flexibility index (Phi) is 14.1. The van der Waals surface area contributed by atoms with Gasteiger partial charge in [-0.15, -0.1) is 11.8 Å². The van der Waals surface area contributed by atoms with Crippen LogP contribution in [0.15, 0.2) is 190 Å². The molecule has 5 aromatic rings. The van der Waals surface area contributed by atoms with Crippen molar-refractivity contribution in [2.24, 2.45) is 5.16 Å². The molecule has 0 saturated heterocycles. The number of rotatable bonds is 16. The maximum Gasteiger partial charge on any atom is 0.330 e. The van der Waals surface area contributed by atoms with Crippen LogP contribution in [-0.2, 0) is 14.0 Å². The molecule has 5 aromatic carbocycles. The highest BCUT2D eigenvalue weighted by Crippen LogP contribution is 2.45. The first-order chi connectivity index (χ1) is 24.9. The summed E-state index contributed by atoms with van der Waals surface area (Å²) in [6.45, 7) is 1.92. The Labute approximate surface area is 312 Å².